The first-order chi connectivity index (χ1) is 8.26. The van der Waals surface area contributed by atoms with Crippen molar-refractivity contribution < 1.29 is 9.53 Å². The summed E-state index contributed by atoms with van der Waals surface area (Å²) in [4.78, 5) is 15.5. The molecule has 1 heterocycles. The van der Waals surface area contributed by atoms with Crippen molar-refractivity contribution in [1.82, 2.24) is 15.6 Å². The Labute approximate surface area is 102 Å². The Morgan fingerprint density at radius 3 is 2.88 bits per heavy atom. The molecular formula is C12H19N3O2. The Morgan fingerprint density at radius 1 is 1.47 bits per heavy atom. The van der Waals surface area contributed by atoms with Crippen LogP contribution in [-0.4, -0.2) is 31.6 Å². The second-order valence-electron chi connectivity index (χ2n) is 3.69. The number of amides is 1. The average molecular weight is 237 g/mol. The maximum absolute atomic E-state index is 11.4. The fourth-order valence-corrected chi connectivity index (χ4v) is 1.35. The van der Waals surface area contributed by atoms with E-state index in [-0.39, 0.29) is 5.91 Å². The zero-order valence-electron chi connectivity index (χ0n) is 10.3. The number of pyridine rings is 1. The predicted octanol–water partition coefficient (Wildman–Crippen LogP) is 0.706. The Balaban J connectivity index is 2.27. The van der Waals surface area contributed by atoms with Crippen LogP contribution in [0.3, 0.4) is 0 Å². The van der Waals surface area contributed by atoms with Crippen molar-refractivity contribution in [2.45, 2.75) is 19.4 Å². The van der Waals surface area contributed by atoms with Gasteiger partial charge in [-0.05, 0) is 25.6 Å². The molecule has 0 fully saturated rings. The minimum absolute atomic E-state index is 0.0658. The first kappa shape index (κ1) is 13.4. The lowest BCUT2D eigenvalue weighted by molar-refractivity contribution is -0.121. The molecule has 94 valence electrons. The maximum atomic E-state index is 11.4. The summed E-state index contributed by atoms with van der Waals surface area (Å²) in [5, 5.41) is 5.85. The smallest absolute Gasteiger partial charge is 0.220 e. The summed E-state index contributed by atoms with van der Waals surface area (Å²) in [7, 11) is 3.45. The minimum atomic E-state index is 0.0658. The molecule has 0 saturated heterocycles. The molecule has 5 nitrogen and oxygen atoms in total. The van der Waals surface area contributed by atoms with Crippen molar-refractivity contribution >= 4 is 5.91 Å². The van der Waals surface area contributed by atoms with Crippen molar-refractivity contribution in [2.24, 2.45) is 0 Å². The van der Waals surface area contributed by atoms with E-state index in [1.165, 1.54) is 0 Å². The molecule has 0 aromatic carbocycles. The van der Waals surface area contributed by atoms with Gasteiger partial charge in [0.05, 0.1) is 7.11 Å². The van der Waals surface area contributed by atoms with Gasteiger partial charge in [-0.1, -0.05) is 6.07 Å². The van der Waals surface area contributed by atoms with Gasteiger partial charge in [-0.3, -0.25) is 4.79 Å². The van der Waals surface area contributed by atoms with E-state index in [1.807, 2.05) is 13.1 Å². The Bertz CT molecular complexity index is 338. The molecule has 17 heavy (non-hydrogen) atoms. The maximum Gasteiger partial charge on any atom is 0.220 e. The van der Waals surface area contributed by atoms with E-state index >= 15 is 0 Å². The lowest BCUT2D eigenvalue weighted by atomic mass is 10.2. The Morgan fingerprint density at radius 2 is 2.29 bits per heavy atom. The van der Waals surface area contributed by atoms with E-state index in [4.69, 9.17) is 4.74 Å². The number of methoxy groups -OCH3 is 1. The third-order valence-electron chi connectivity index (χ3n) is 2.33. The molecule has 0 radical (unpaired) electrons. The fourth-order valence-electron chi connectivity index (χ4n) is 1.35. The first-order valence-electron chi connectivity index (χ1n) is 5.66. The van der Waals surface area contributed by atoms with Crippen molar-refractivity contribution in [3.63, 3.8) is 0 Å². The summed E-state index contributed by atoms with van der Waals surface area (Å²) in [5.74, 6) is 0.644. The Hall–Kier alpha value is -1.62. The number of carbonyl (C=O) groups excluding carboxylic acids is 1. The van der Waals surface area contributed by atoms with Crippen LogP contribution in [0, 0.1) is 0 Å². The number of hydrogen-bond donors (Lipinski definition) is 2. The SMILES string of the molecule is CNCCCC(=O)NCc1ccc(OC)nc1. The molecule has 5 heteroatoms. The van der Waals surface area contributed by atoms with Gasteiger partial charge in [-0.15, -0.1) is 0 Å². The van der Waals surface area contributed by atoms with Crippen LogP contribution in [0.5, 0.6) is 5.88 Å². The normalized spacial score (nSPS) is 10.0. The topological polar surface area (TPSA) is 63.2 Å². The van der Waals surface area contributed by atoms with Gasteiger partial charge < -0.3 is 15.4 Å². The van der Waals surface area contributed by atoms with Gasteiger partial charge in [-0.25, -0.2) is 4.98 Å². The van der Waals surface area contributed by atoms with E-state index in [2.05, 4.69) is 15.6 Å². The first-order valence-corrected chi connectivity index (χ1v) is 5.66. The fraction of sp³-hybridized carbons (Fsp3) is 0.500. The van der Waals surface area contributed by atoms with Gasteiger partial charge in [0.15, 0.2) is 0 Å². The molecule has 0 atom stereocenters. The molecule has 0 unspecified atom stereocenters. The molecule has 0 aliphatic carbocycles. The molecule has 1 rings (SSSR count). The van der Waals surface area contributed by atoms with Crippen molar-refractivity contribution in [3.05, 3.63) is 23.9 Å². The largest absolute Gasteiger partial charge is 0.481 e. The van der Waals surface area contributed by atoms with Crippen LogP contribution in [0.4, 0.5) is 0 Å². The molecule has 1 aromatic rings. The van der Waals surface area contributed by atoms with Crippen LogP contribution in [0.15, 0.2) is 18.3 Å². The zero-order valence-corrected chi connectivity index (χ0v) is 10.3. The van der Waals surface area contributed by atoms with E-state index in [0.29, 0.717) is 18.8 Å². The number of nitrogens with zero attached hydrogens (tertiary/aromatic N) is 1. The summed E-state index contributed by atoms with van der Waals surface area (Å²) in [6.45, 7) is 1.37. The number of carbonyl (C=O) groups is 1. The van der Waals surface area contributed by atoms with Crippen LogP contribution in [0.1, 0.15) is 18.4 Å². The van der Waals surface area contributed by atoms with Crippen LogP contribution in [0.25, 0.3) is 0 Å². The molecule has 1 amide bonds. The highest BCUT2D eigenvalue weighted by Crippen LogP contribution is 2.06. The summed E-state index contributed by atoms with van der Waals surface area (Å²) < 4.78 is 4.95. The number of ether oxygens (including phenoxy) is 1. The van der Waals surface area contributed by atoms with E-state index in [1.54, 1.807) is 19.4 Å². The number of nitrogens with one attached hydrogen (secondary N) is 2. The summed E-state index contributed by atoms with van der Waals surface area (Å²) in [5.41, 5.74) is 0.966. The summed E-state index contributed by atoms with van der Waals surface area (Å²) in [6, 6.07) is 3.67. The lowest BCUT2D eigenvalue weighted by Gasteiger charge is -2.05. The monoisotopic (exact) mass is 237 g/mol. The highest BCUT2D eigenvalue weighted by Gasteiger charge is 2.01. The molecule has 1 aromatic heterocycles. The zero-order chi connectivity index (χ0) is 12.5. The molecule has 0 spiro atoms. The Kier molecular flexibility index (Phi) is 6.03. The molecule has 0 aliphatic heterocycles. The minimum Gasteiger partial charge on any atom is -0.481 e. The molecule has 0 aliphatic rings. The van der Waals surface area contributed by atoms with Crippen molar-refractivity contribution in [3.8, 4) is 5.88 Å². The van der Waals surface area contributed by atoms with E-state index in [0.717, 1.165) is 18.5 Å². The summed E-state index contributed by atoms with van der Waals surface area (Å²) >= 11 is 0. The van der Waals surface area contributed by atoms with Gasteiger partial charge in [0.25, 0.3) is 0 Å². The molecule has 0 saturated carbocycles. The quantitative estimate of drug-likeness (QED) is 0.685. The van der Waals surface area contributed by atoms with Gasteiger partial charge in [-0.2, -0.15) is 0 Å². The number of aromatic nitrogens is 1. The highest BCUT2D eigenvalue weighted by molar-refractivity contribution is 5.75. The third-order valence-corrected chi connectivity index (χ3v) is 2.33. The molecular weight excluding hydrogens is 218 g/mol. The van der Waals surface area contributed by atoms with Crippen LogP contribution in [0.2, 0.25) is 0 Å². The summed E-state index contributed by atoms with van der Waals surface area (Å²) in [6.07, 6.45) is 3.10. The van der Waals surface area contributed by atoms with Crippen molar-refractivity contribution in [1.29, 1.82) is 0 Å². The molecule has 2 N–H and O–H groups in total. The van der Waals surface area contributed by atoms with Crippen LogP contribution in [-0.2, 0) is 11.3 Å². The average Bonchev–Trinajstić information content (AvgIpc) is 2.37. The van der Waals surface area contributed by atoms with E-state index in [9.17, 15) is 4.79 Å². The third kappa shape index (κ3) is 5.31. The number of rotatable bonds is 7. The second kappa shape index (κ2) is 7.62. The van der Waals surface area contributed by atoms with Gasteiger partial charge >= 0.3 is 0 Å². The van der Waals surface area contributed by atoms with Crippen LogP contribution >= 0.6 is 0 Å². The van der Waals surface area contributed by atoms with Gasteiger partial charge in [0.1, 0.15) is 0 Å². The van der Waals surface area contributed by atoms with Crippen LogP contribution < -0.4 is 15.4 Å². The highest BCUT2D eigenvalue weighted by atomic mass is 16.5. The number of hydrogen-bond acceptors (Lipinski definition) is 4. The van der Waals surface area contributed by atoms with Crippen molar-refractivity contribution in [2.75, 3.05) is 20.7 Å². The predicted molar refractivity (Wildman–Crippen MR) is 65.8 cm³/mol. The second-order valence-corrected chi connectivity index (χ2v) is 3.69. The van der Waals surface area contributed by atoms with Gasteiger partial charge in [0, 0.05) is 25.2 Å². The molecule has 0 bridgehead atoms. The lowest BCUT2D eigenvalue weighted by Crippen LogP contribution is -2.23. The van der Waals surface area contributed by atoms with E-state index < -0.39 is 0 Å². The standard InChI is InChI=1S/C12H19N3O2/c1-13-7-3-4-11(16)14-8-10-5-6-12(17-2)15-9-10/h5-6,9,13H,3-4,7-8H2,1-2H3,(H,14,16). The van der Waals surface area contributed by atoms with Gasteiger partial charge in [0.2, 0.25) is 11.8 Å².